The molecule has 0 bridgehead atoms. The summed E-state index contributed by atoms with van der Waals surface area (Å²) in [5.41, 5.74) is 0. The van der Waals surface area contributed by atoms with Crippen molar-refractivity contribution in [3.8, 4) is 0 Å². The zero-order chi connectivity index (χ0) is 12.5. The minimum absolute atomic E-state index is 0.360. The number of nitrogens with one attached hydrogen (secondary N) is 1. The van der Waals surface area contributed by atoms with E-state index >= 15 is 0 Å². The smallest absolute Gasteiger partial charge is 0.0897 e. The lowest BCUT2D eigenvalue weighted by atomic mass is 9.86. The molecule has 1 fully saturated rings. The zero-order valence-electron chi connectivity index (χ0n) is 11.5. The van der Waals surface area contributed by atoms with Gasteiger partial charge < -0.3 is 15.2 Å². The van der Waals surface area contributed by atoms with Crippen LogP contribution in [0.25, 0.3) is 0 Å². The molecule has 0 aromatic rings. The lowest BCUT2D eigenvalue weighted by Crippen LogP contribution is -2.42. The minimum Gasteiger partial charge on any atom is -0.389 e. The Kier molecular flexibility index (Phi) is 7.82. The molecule has 0 aromatic carbocycles. The molecule has 1 saturated carbocycles. The number of rotatable bonds is 8. The molecule has 102 valence electrons. The Morgan fingerprint density at radius 3 is 2.82 bits per heavy atom. The predicted molar refractivity (Wildman–Crippen MR) is 71.2 cm³/mol. The van der Waals surface area contributed by atoms with Gasteiger partial charge in [0.2, 0.25) is 0 Å². The van der Waals surface area contributed by atoms with Gasteiger partial charge in [-0.05, 0) is 25.2 Å². The van der Waals surface area contributed by atoms with Gasteiger partial charge in [-0.1, -0.05) is 33.1 Å². The van der Waals surface area contributed by atoms with Crippen molar-refractivity contribution in [2.24, 2.45) is 5.92 Å². The third kappa shape index (κ3) is 6.39. The zero-order valence-corrected chi connectivity index (χ0v) is 11.5. The Labute approximate surface area is 106 Å². The van der Waals surface area contributed by atoms with Gasteiger partial charge >= 0.3 is 0 Å². The summed E-state index contributed by atoms with van der Waals surface area (Å²) in [6.07, 6.45) is 7.13. The van der Waals surface area contributed by atoms with Crippen LogP contribution in [-0.2, 0) is 4.74 Å². The van der Waals surface area contributed by atoms with Crippen molar-refractivity contribution in [3.63, 3.8) is 0 Å². The van der Waals surface area contributed by atoms with Crippen molar-refractivity contribution in [3.05, 3.63) is 0 Å². The van der Waals surface area contributed by atoms with Gasteiger partial charge in [0.05, 0.1) is 12.7 Å². The van der Waals surface area contributed by atoms with Crippen LogP contribution in [0.5, 0.6) is 0 Å². The van der Waals surface area contributed by atoms with Crippen LogP contribution in [0.2, 0.25) is 0 Å². The van der Waals surface area contributed by atoms with Crippen LogP contribution in [0.1, 0.15) is 52.4 Å². The number of ether oxygens (including phenoxy) is 1. The van der Waals surface area contributed by atoms with Crippen molar-refractivity contribution in [2.45, 2.75) is 64.5 Å². The van der Waals surface area contributed by atoms with Crippen LogP contribution in [0.15, 0.2) is 0 Å². The first kappa shape index (κ1) is 14.9. The van der Waals surface area contributed by atoms with E-state index in [-0.39, 0.29) is 6.10 Å². The van der Waals surface area contributed by atoms with E-state index in [2.05, 4.69) is 19.2 Å². The number of aliphatic hydroxyl groups excluding tert-OH is 1. The van der Waals surface area contributed by atoms with Crippen LogP contribution in [0, 0.1) is 5.92 Å². The highest BCUT2D eigenvalue weighted by molar-refractivity contribution is 4.78. The van der Waals surface area contributed by atoms with Gasteiger partial charge in [-0.3, -0.25) is 0 Å². The van der Waals surface area contributed by atoms with Crippen LogP contribution in [-0.4, -0.2) is 37.0 Å². The molecule has 0 saturated heterocycles. The van der Waals surface area contributed by atoms with Crippen molar-refractivity contribution in [1.29, 1.82) is 0 Å². The lowest BCUT2D eigenvalue weighted by molar-refractivity contribution is 0.0328. The summed E-state index contributed by atoms with van der Waals surface area (Å²) < 4.78 is 5.41. The van der Waals surface area contributed by atoms with Gasteiger partial charge in [0.1, 0.15) is 0 Å². The Bertz CT molecular complexity index is 187. The van der Waals surface area contributed by atoms with E-state index in [0.29, 0.717) is 19.2 Å². The Morgan fingerprint density at radius 1 is 1.35 bits per heavy atom. The average molecular weight is 243 g/mol. The summed E-state index contributed by atoms with van der Waals surface area (Å²) in [5, 5.41) is 13.3. The van der Waals surface area contributed by atoms with Crippen LogP contribution in [0.3, 0.4) is 0 Å². The summed E-state index contributed by atoms with van der Waals surface area (Å²) in [7, 11) is 0. The first-order valence-electron chi connectivity index (χ1n) is 7.23. The maximum Gasteiger partial charge on any atom is 0.0897 e. The molecule has 3 unspecified atom stereocenters. The molecule has 1 aliphatic carbocycles. The molecule has 0 aliphatic heterocycles. The van der Waals surface area contributed by atoms with Crippen LogP contribution >= 0.6 is 0 Å². The molecule has 3 heteroatoms. The first-order chi connectivity index (χ1) is 8.24. The SMILES string of the molecule is CCCCOCC(O)CNC1CCCCC1C. The molecular formula is C14H29NO2. The Hall–Kier alpha value is -0.120. The fraction of sp³-hybridized carbons (Fsp3) is 1.00. The molecule has 3 nitrogen and oxygen atoms in total. The van der Waals surface area contributed by atoms with E-state index < -0.39 is 0 Å². The third-order valence-electron chi connectivity index (χ3n) is 3.68. The highest BCUT2D eigenvalue weighted by Crippen LogP contribution is 2.23. The van der Waals surface area contributed by atoms with Crippen LogP contribution in [0.4, 0.5) is 0 Å². The average Bonchev–Trinajstić information content (AvgIpc) is 2.34. The van der Waals surface area contributed by atoms with Crippen LogP contribution < -0.4 is 5.32 Å². The molecule has 3 atom stereocenters. The van der Waals surface area contributed by atoms with Crippen molar-refractivity contribution >= 4 is 0 Å². The fourth-order valence-corrected chi connectivity index (χ4v) is 2.43. The normalized spacial score (nSPS) is 27.0. The Morgan fingerprint density at radius 2 is 2.12 bits per heavy atom. The predicted octanol–water partition coefficient (Wildman–Crippen LogP) is 2.33. The second kappa shape index (κ2) is 8.90. The fourth-order valence-electron chi connectivity index (χ4n) is 2.43. The molecular weight excluding hydrogens is 214 g/mol. The highest BCUT2D eigenvalue weighted by Gasteiger charge is 2.21. The molecule has 17 heavy (non-hydrogen) atoms. The molecule has 0 heterocycles. The highest BCUT2D eigenvalue weighted by atomic mass is 16.5. The first-order valence-corrected chi connectivity index (χ1v) is 7.23. The molecule has 1 rings (SSSR count). The second-order valence-electron chi connectivity index (χ2n) is 5.36. The number of hydrogen-bond donors (Lipinski definition) is 2. The summed E-state index contributed by atoms with van der Waals surface area (Å²) in [6.45, 7) is 6.36. The van der Waals surface area contributed by atoms with Crippen molar-refractivity contribution in [1.82, 2.24) is 5.32 Å². The lowest BCUT2D eigenvalue weighted by Gasteiger charge is -2.30. The Balaban J connectivity index is 2.03. The quantitative estimate of drug-likeness (QED) is 0.643. The largest absolute Gasteiger partial charge is 0.389 e. The van der Waals surface area contributed by atoms with E-state index in [1.54, 1.807) is 0 Å². The molecule has 0 spiro atoms. The third-order valence-corrected chi connectivity index (χ3v) is 3.68. The molecule has 2 N–H and O–H groups in total. The van der Waals surface area contributed by atoms with Crippen molar-refractivity contribution in [2.75, 3.05) is 19.8 Å². The molecule has 0 amide bonds. The minimum atomic E-state index is -0.360. The summed E-state index contributed by atoms with van der Waals surface area (Å²) in [6, 6.07) is 0.592. The monoisotopic (exact) mass is 243 g/mol. The number of unbranched alkanes of at least 4 members (excludes halogenated alkanes) is 1. The standard InChI is InChI=1S/C14H29NO2/c1-3-4-9-17-11-13(16)10-15-14-8-6-5-7-12(14)2/h12-16H,3-11H2,1-2H3. The maximum absolute atomic E-state index is 9.78. The van der Waals surface area contributed by atoms with E-state index in [0.717, 1.165) is 25.4 Å². The molecule has 1 aliphatic rings. The summed E-state index contributed by atoms with van der Waals surface area (Å²) >= 11 is 0. The van der Waals surface area contributed by atoms with E-state index in [4.69, 9.17) is 4.74 Å². The summed E-state index contributed by atoms with van der Waals surface area (Å²) in [4.78, 5) is 0. The van der Waals surface area contributed by atoms with Gasteiger partial charge in [0.25, 0.3) is 0 Å². The van der Waals surface area contributed by atoms with Gasteiger partial charge in [0, 0.05) is 19.2 Å². The van der Waals surface area contributed by atoms with E-state index in [1.165, 1.54) is 25.7 Å². The van der Waals surface area contributed by atoms with Gasteiger partial charge in [-0.15, -0.1) is 0 Å². The van der Waals surface area contributed by atoms with E-state index in [9.17, 15) is 5.11 Å². The summed E-state index contributed by atoms with van der Waals surface area (Å²) in [5.74, 6) is 0.747. The number of aliphatic hydroxyl groups is 1. The van der Waals surface area contributed by atoms with Gasteiger partial charge in [-0.25, -0.2) is 0 Å². The van der Waals surface area contributed by atoms with Gasteiger partial charge in [-0.2, -0.15) is 0 Å². The second-order valence-corrected chi connectivity index (χ2v) is 5.36. The van der Waals surface area contributed by atoms with Crippen molar-refractivity contribution < 1.29 is 9.84 Å². The molecule has 0 radical (unpaired) electrons. The molecule has 0 aromatic heterocycles. The van der Waals surface area contributed by atoms with E-state index in [1.807, 2.05) is 0 Å². The van der Waals surface area contributed by atoms with Gasteiger partial charge in [0.15, 0.2) is 0 Å². The maximum atomic E-state index is 9.78. The number of hydrogen-bond acceptors (Lipinski definition) is 3. The topological polar surface area (TPSA) is 41.5 Å².